The SMILES string of the molecule is O=C1CCCC(C(=O)NC2(C(=O)NCc3ccc(Oc4ccc(O)cc4C(F)(F)F)cn3)CC2)C1. The minimum Gasteiger partial charge on any atom is -0.508 e. The minimum absolute atomic E-state index is 0.0456. The molecule has 4 rings (SSSR count). The fourth-order valence-electron chi connectivity index (χ4n) is 3.99. The van der Waals surface area contributed by atoms with Gasteiger partial charge in [-0.3, -0.25) is 19.4 Å². The number of hydrogen-bond acceptors (Lipinski definition) is 6. The Kier molecular flexibility index (Phi) is 6.68. The van der Waals surface area contributed by atoms with Gasteiger partial charge in [-0.1, -0.05) is 0 Å². The van der Waals surface area contributed by atoms with Gasteiger partial charge in [0, 0.05) is 18.8 Å². The number of phenolic OH excluding ortho intramolecular Hbond substituents is 1. The third-order valence-electron chi connectivity index (χ3n) is 6.12. The topological polar surface area (TPSA) is 118 Å². The molecule has 2 amide bonds. The Morgan fingerprint density at radius 2 is 1.97 bits per heavy atom. The molecule has 0 bridgehead atoms. The Labute approximate surface area is 198 Å². The molecule has 2 saturated carbocycles. The Morgan fingerprint density at radius 1 is 1.20 bits per heavy atom. The van der Waals surface area contributed by atoms with Crippen molar-refractivity contribution in [2.24, 2.45) is 5.92 Å². The summed E-state index contributed by atoms with van der Waals surface area (Å²) >= 11 is 0. The van der Waals surface area contributed by atoms with E-state index in [0.29, 0.717) is 43.9 Å². The number of benzene rings is 1. The number of carbonyl (C=O) groups excluding carboxylic acids is 3. The quantitative estimate of drug-likeness (QED) is 0.545. The fraction of sp³-hybridized carbons (Fsp3) is 0.417. The molecule has 1 heterocycles. The number of nitrogens with one attached hydrogen (secondary N) is 2. The number of amides is 2. The van der Waals surface area contributed by atoms with Gasteiger partial charge >= 0.3 is 6.18 Å². The molecule has 1 aromatic carbocycles. The number of rotatable bonds is 7. The molecule has 1 atom stereocenters. The second-order valence-electron chi connectivity index (χ2n) is 8.85. The molecule has 186 valence electrons. The van der Waals surface area contributed by atoms with Gasteiger partial charge in [0.15, 0.2) is 0 Å². The van der Waals surface area contributed by atoms with Crippen LogP contribution in [0.5, 0.6) is 17.2 Å². The van der Waals surface area contributed by atoms with E-state index < -0.39 is 34.7 Å². The zero-order valence-corrected chi connectivity index (χ0v) is 18.7. The van der Waals surface area contributed by atoms with E-state index in [1.165, 1.54) is 18.3 Å². The fourth-order valence-corrected chi connectivity index (χ4v) is 3.99. The van der Waals surface area contributed by atoms with Crippen LogP contribution in [0.1, 0.15) is 49.8 Å². The van der Waals surface area contributed by atoms with Crippen molar-refractivity contribution in [3.63, 3.8) is 0 Å². The molecule has 35 heavy (non-hydrogen) atoms. The molecule has 0 spiro atoms. The summed E-state index contributed by atoms with van der Waals surface area (Å²) in [6, 6.07) is 5.58. The molecule has 0 radical (unpaired) electrons. The first-order chi connectivity index (χ1) is 16.6. The molecule has 2 fully saturated rings. The summed E-state index contributed by atoms with van der Waals surface area (Å²) in [5, 5.41) is 14.9. The lowest BCUT2D eigenvalue weighted by Gasteiger charge is -2.24. The van der Waals surface area contributed by atoms with E-state index in [2.05, 4.69) is 15.6 Å². The maximum Gasteiger partial charge on any atom is 0.420 e. The second kappa shape index (κ2) is 9.55. The Morgan fingerprint density at radius 3 is 2.60 bits per heavy atom. The summed E-state index contributed by atoms with van der Waals surface area (Å²) in [6.45, 7) is 0.0473. The first kappa shape index (κ1) is 24.5. The van der Waals surface area contributed by atoms with Crippen molar-refractivity contribution in [1.29, 1.82) is 0 Å². The maximum atomic E-state index is 13.2. The van der Waals surface area contributed by atoms with Gasteiger partial charge in [-0.15, -0.1) is 0 Å². The number of ether oxygens (including phenoxy) is 1. The molecule has 1 unspecified atom stereocenters. The zero-order chi connectivity index (χ0) is 25.2. The number of halogens is 3. The lowest BCUT2D eigenvalue weighted by molar-refractivity contribution is -0.138. The summed E-state index contributed by atoms with van der Waals surface area (Å²) in [5.41, 5.74) is -1.66. The van der Waals surface area contributed by atoms with Crippen molar-refractivity contribution in [2.75, 3.05) is 0 Å². The van der Waals surface area contributed by atoms with Crippen molar-refractivity contribution in [1.82, 2.24) is 15.6 Å². The Bertz CT molecular complexity index is 1130. The largest absolute Gasteiger partial charge is 0.508 e. The normalized spacial score (nSPS) is 19.1. The molecule has 2 aliphatic carbocycles. The highest BCUT2D eigenvalue weighted by Gasteiger charge is 2.51. The van der Waals surface area contributed by atoms with Crippen LogP contribution >= 0.6 is 0 Å². The predicted octanol–water partition coefficient (Wildman–Crippen LogP) is 3.62. The van der Waals surface area contributed by atoms with Crippen LogP contribution in [0.4, 0.5) is 13.2 Å². The molecule has 0 aliphatic heterocycles. The molecule has 2 aromatic rings. The van der Waals surface area contributed by atoms with E-state index >= 15 is 0 Å². The van der Waals surface area contributed by atoms with Gasteiger partial charge in [0.05, 0.1) is 18.4 Å². The van der Waals surface area contributed by atoms with E-state index in [-0.39, 0.29) is 36.3 Å². The summed E-state index contributed by atoms with van der Waals surface area (Å²) in [7, 11) is 0. The first-order valence-electron chi connectivity index (χ1n) is 11.2. The second-order valence-corrected chi connectivity index (χ2v) is 8.85. The molecule has 1 aromatic heterocycles. The van der Waals surface area contributed by atoms with Crippen molar-refractivity contribution < 1.29 is 37.4 Å². The van der Waals surface area contributed by atoms with E-state index in [1.807, 2.05) is 0 Å². The number of hydrogen-bond donors (Lipinski definition) is 3. The molecule has 11 heteroatoms. The third-order valence-corrected chi connectivity index (χ3v) is 6.12. The summed E-state index contributed by atoms with van der Waals surface area (Å²) in [5.74, 6) is -1.95. The summed E-state index contributed by atoms with van der Waals surface area (Å²) in [4.78, 5) is 40.9. The third kappa shape index (κ3) is 5.90. The van der Waals surface area contributed by atoms with Crippen LogP contribution in [0.3, 0.4) is 0 Å². The first-order valence-corrected chi connectivity index (χ1v) is 11.2. The number of ketones is 1. The van der Waals surface area contributed by atoms with Crippen molar-refractivity contribution in [2.45, 2.75) is 56.8 Å². The maximum absolute atomic E-state index is 13.2. The smallest absolute Gasteiger partial charge is 0.420 e. The van der Waals surface area contributed by atoms with E-state index in [0.717, 1.165) is 12.1 Å². The average Bonchev–Trinajstić information content (AvgIpc) is 3.59. The zero-order valence-electron chi connectivity index (χ0n) is 18.7. The molecular formula is C24H24F3N3O5. The van der Waals surface area contributed by atoms with Crippen LogP contribution in [0.15, 0.2) is 36.5 Å². The Balaban J connectivity index is 1.32. The number of Topliss-reactive ketones (excluding diaryl/α,β-unsaturated/α-hetero) is 1. The number of pyridine rings is 1. The van der Waals surface area contributed by atoms with Gasteiger partial charge in [-0.05, 0) is 56.0 Å². The number of aromatic hydroxyl groups is 1. The van der Waals surface area contributed by atoms with Crippen molar-refractivity contribution in [3.8, 4) is 17.2 Å². The van der Waals surface area contributed by atoms with Crippen LogP contribution in [-0.4, -0.2) is 33.2 Å². The van der Waals surface area contributed by atoms with Crippen molar-refractivity contribution in [3.05, 3.63) is 47.8 Å². The molecule has 0 saturated heterocycles. The standard InChI is InChI=1S/C24H24F3N3O5/c25-24(26,27)19-11-17(32)5-7-20(19)35-18-6-4-15(28-13-18)12-29-22(34)23(8-9-23)30-21(33)14-2-1-3-16(31)10-14/h4-7,11,13-14,32H,1-3,8-10,12H2,(H,29,34)(H,30,33). The van der Waals surface area contributed by atoms with Crippen LogP contribution in [-0.2, 0) is 27.1 Å². The monoisotopic (exact) mass is 491 g/mol. The molecular weight excluding hydrogens is 467 g/mol. The lowest BCUT2D eigenvalue weighted by atomic mass is 9.87. The number of aromatic nitrogens is 1. The number of phenols is 1. The van der Waals surface area contributed by atoms with E-state index in [4.69, 9.17) is 4.74 Å². The van der Waals surface area contributed by atoms with E-state index in [9.17, 15) is 32.7 Å². The van der Waals surface area contributed by atoms with Crippen molar-refractivity contribution >= 4 is 17.6 Å². The molecule has 3 N–H and O–H groups in total. The highest BCUT2D eigenvalue weighted by molar-refractivity contribution is 5.96. The summed E-state index contributed by atoms with van der Waals surface area (Å²) < 4.78 is 44.9. The van der Waals surface area contributed by atoms with Crippen LogP contribution in [0, 0.1) is 5.92 Å². The molecule has 8 nitrogen and oxygen atoms in total. The number of nitrogens with zero attached hydrogens (tertiary/aromatic N) is 1. The van der Waals surface area contributed by atoms with Crippen LogP contribution < -0.4 is 15.4 Å². The van der Waals surface area contributed by atoms with Crippen LogP contribution in [0.25, 0.3) is 0 Å². The molecule has 2 aliphatic rings. The average molecular weight is 491 g/mol. The lowest BCUT2D eigenvalue weighted by Crippen LogP contribution is -2.51. The number of alkyl halides is 3. The predicted molar refractivity (Wildman–Crippen MR) is 116 cm³/mol. The van der Waals surface area contributed by atoms with E-state index in [1.54, 1.807) is 0 Å². The minimum atomic E-state index is -4.72. The highest BCUT2D eigenvalue weighted by atomic mass is 19.4. The summed E-state index contributed by atoms with van der Waals surface area (Å²) in [6.07, 6.45) is -0.496. The number of carbonyl (C=O) groups is 3. The van der Waals surface area contributed by atoms with Gasteiger partial charge in [0.2, 0.25) is 11.8 Å². The van der Waals surface area contributed by atoms with Gasteiger partial charge in [0.25, 0.3) is 0 Å². The van der Waals surface area contributed by atoms with Gasteiger partial charge in [-0.25, -0.2) is 0 Å². The van der Waals surface area contributed by atoms with Gasteiger partial charge < -0.3 is 20.5 Å². The van der Waals surface area contributed by atoms with Gasteiger partial charge in [-0.2, -0.15) is 13.2 Å². The Hall–Kier alpha value is -3.63. The van der Waals surface area contributed by atoms with Crippen LogP contribution in [0.2, 0.25) is 0 Å². The van der Waals surface area contributed by atoms with Gasteiger partial charge in [0.1, 0.15) is 34.1 Å². The highest BCUT2D eigenvalue weighted by Crippen LogP contribution is 2.40.